The van der Waals surface area contributed by atoms with Crippen LogP contribution in [0.15, 0.2) is 71.8 Å². The SMILES string of the molecule is CCOC(=O)c1cccc2nc(OCC)n(Cc3ccc(-c4ccccc4C4=NNNN4C(C)OC(=O)OC4CCCCC4)cc3)c12. The number of carbonyl (C=O) groups is 2. The van der Waals surface area contributed by atoms with Gasteiger partial charge in [0.2, 0.25) is 0 Å². The minimum atomic E-state index is -0.695. The number of nitrogens with one attached hydrogen (secondary N) is 2. The van der Waals surface area contributed by atoms with E-state index in [1.54, 1.807) is 31.0 Å². The Hall–Kier alpha value is -5.10. The van der Waals surface area contributed by atoms with Crippen LogP contribution in [0, 0.1) is 0 Å². The van der Waals surface area contributed by atoms with Crippen LogP contribution in [0.2, 0.25) is 0 Å². The van der Waals surface area contributed by atoms with E-state index in [-0.39, 0.29) is 12.7 Å². The lowest BCUT2D eigenvalue weighted by atomic mass is 9.97. The second-order valence-corrected chi connectivity index (χ2v) is 11.4. The highest BCUT2D eigenvalue weighted by Gasteiger charge is 2.30. The maximum atomic E-state index is 12.8. The van der Waals surface area contributed by atoms with Gasteiger partial charge in [0.25, 0.3) is 6.01 Å². The number of imidazole rings is 1. The number of hydrogen-bond donors (Lipinski definition) is 2. The number of hydrogen-bond acceptors (Lipinski definition) is 11. The van der Waals surface area contributed by atoms with Crippen molar-refractivity contribution in [3.8, 4) is 17.1 Å². The van der Waals surface area contributed by atoms with Crippen molar-refractivity contribution >= 4 is 29.0 Å². The van der Waals surface area contributed by atoms with Gasteiger partial charge in [-0.3, -0.25) is 4.57 Å². The molecule has 2 aliphatic rings. The van der Waals surface area contributed by atoms with Gasteiger partial charge in [0.1, 0.15) is 6.10 Å². The average Bonchev–Trinajstić information content (AvgIpc) is 3.71. The van der Waals surface area contributed by atoms with E-state index in [1.165, 1.54) is 6.42 Å². The van der Waals surface area contributed by atoms with Crippen molar-refractivity contribution in [3.05, 3.63) is 83.4 Å². The molecule has 2 N–H and O–H groups in total. The number of fused-ring (bicyclic) bond motifs is 1. The minimum absolute atomic E-state index is 0.0946. The molecule has 1 saturated carbocycles. The Bertz CT molecular complexity index is 1750. The van der Waals surface area contributed by atoms with Crippen molar-refractivity contribution < 1.29 is 28.5 Å². The molecule has 1 atom stereocenters. The summed E-state index contributed by atoms with van der Waals surface area (Å²) in [5.74, 6) is 0.170. The summed E-state index contributed by atoms with van der Waals surface area (Å²) in [6, 6.07) is 21.9. The monoisotopic (exact) mass is 640 g/mol. The van der Waals surface area contributed by atoms with E-state index in [1.807, 2.05) is 66.1 Å². The van der Waals surface area contributed by atoms with E-state index < -0.39 is 18.4 Å². The molecule has 1 unspecified atom stereocenters. The lowest BCUT2D eigenvalue weighted by Crippen LogP contribution is -2.49. The van der Waals surface area contributed by atoms with Crippen molar-refractivity contribution in [2.45, 2.75) is 71.8 Å². The molecule has 0 radical (unpaired) electrons. The fraction of sp³-hybridized carbons (Fsp3) is 0.371. The predicted octanol–water partition coefficient (Wildman–Crippen LogP) is 6.15. The summed E-state index contributed by atoms with van der Waals surface area (Å²) in [7, 11) is 0. The maximum absolute atomic E-state index is 12.8. The molecule has 2 heterocycles. The summed E-state index contributed by atoms with van der Waals surface area (Å²) in [4.78, 5) is 30.0. The van der Waals surface area contributed by atoms with Gasteiger partial charge in [-0.2, -0.15) is 4.98 Å². The summed E-state index contributed by atoms with van der Waals surface area (Å²) < 4.78 is 24.3. The Labute approximate surface area is 273 Å². The number of hydrazone groups is 1. The van der Waals surface area contributed by atoms with Crippen LogP contribution < -0.4 is 15.8 Å². The molecular formula is C35H40N6O6. The van der Waals surface area contributed by atoms with Crippen LogP contribution in [-0.2, 0) is 20.8 Å². The Balaban J connectivity index is 1.22. The lowest BCUT2D eigenvalue weighted by molar-refractivity contribution is -0.0480. The van der Waals surface area contributed by atoms with Crippen LogP contribution in [-0.4, -0.2) is 58.1 Å². The highest BCUT2D eigenvalue weighted by Crippen LogP contribution is 2.30. The van der Waals surface area contributed by atoms with E-state index in [4.69, 9.17) is 18.9 Å². The van der Waals surface area contributed by atoms with Crippen molar-refractivity contribution in [2.24, 2.45) is 5.10 Å². The number of carbonyl (C=O) groups excluding carboxylic acids is 2. The first kappa shape index (κ1) is 31.9. The number of rotatable bonds is 11. The van der Waals surface area contributed by atoms with Crippen LogP contribution in [0.5, 0.6) is 6.01 Å². The zero-order chi connectivity index (χ0) is 32.8. The zero-order valence-electron chi connectivity index (χ0n) is 26.9. The van der Waals surface area contributed by atoms with Gasteiger partial charge >= 0.3 is 12.1 Å². The lowest BCUT2D eigenvalue weighted by Gasteiger charge is -2.27. The third-order valence-electron chi connectivity index (χ3n) is 8.28. The number of aromatic nitrogens is 2. The predicted molar refractivity (Wildman–Crippen MR) is 176 cm³/mol. The van der Waals surface area contributed by atoms with E-state index in [2.05, 4.69) is 21.2 Å². The number of para-hydroxylation sites is 1. The average molecular weight is 641 g/mol. The van der Waals surface area contributed by atoms with Gasteiger partial charge in [-0.1, -0.05) is 61.0 Å². The first-order chi connectivity index (χ1) is 23.0. The van der Waals surface area contributed by atoms with Gasteiger partial charge in [0.05, 0.1) is 36.4 Å². The summed E-state index contributed by atoms with van der Waals surface area (Å²) in [5, 5.41) is 6.13. The standard InChI is InChI=1S/C35H40N6O6/c1-4-44-33(42)29-16-11-17-30-31(29)40(34(36-30)45-5-2)22-24-18-20-25(21-19-24)27-14-9-10-15-28(27)32-37-38-39-41(32)23(3)46-35(43)47-26-12-7-6-8-13-26/h9-11,14-21,23,26,38-39H,4-8,12-13,22H2,1-3H3. The van der Waals surface area contributed by atoms with Crippen LogP contribution in [0.25, 0.3) is 22.2 Å². The van der Waals surface area contributed by atoms with Crippen LogP contribution in [0.1, 0.15) is 74.4 Å². The summed E-state index contributed by atoms with van der Waals surface area (Å²) >= 11 is 0. The summed E-state index contributed by atoms with van der Waals surface area (Å²) in [6.07, 6.45) is 3.55. The highest BCUT2D eigenvalue weighted by molar-refractivity contribution is 6.05. The van der Waals surface area contributed by atoms with Gasteiger partial charge in [-0.25, -0.2) is 20.1 Å². The van der Waals surface area contributed by atoms with Gasteiger partial charge in [0, 0.05) is 5.56 Å². The van der Waals surface area contributed by atoms with E-state index in [0.717, 1.165) is 47.9 Å². The number of ether oxygens (including phenoxy) is 4. The molecule has 12 heteroatoms. The quantitative estimate of drug-likeness (QED) is 0.184. The highest BCUT2D eigenvalue weighted by atomic mass is 16.7. The molecule has 3 aromatic carbocycles. The largest absolute Gasteiger partial charge is 0.510 e. The third-order valence-corrected chi connectivity index (χ3v) is 8.28. The number of esters is 1. The molecular weight excluding hydrogens is 600 g/mol. The number of hydrazine groups is 2. The first-order valence-electron chi connectivity index (χ1n) is 16.2. The third kappa shape index (κ3) is 7.02. The minimum Gasteiger partial charge on any atom is -0.465 e. The van der Waals surface area contributed by atoms with Crippen LogP contribution in [0.4, 0.5) is 4.79 Å². The van der Waals surface area contributed by atoms with Gasteiger partial charge in [0.15, 0.2) is 12.1 Å². The fourth-order valence-corrected chi connectivity index (χ4v) is 6.06. The first-order valence-corrected chi connectivity index (χ1v) is 16.2. The normalized spacial score (nSPS) is 15.6. The van der Waals surface area contributed by atoms with Crippen molar-refractivity contribution in [3.63, 3.8) is 0 Å². The summed E-state index contributed by atoms with van der Waals surface area (Å²) in [5.41, 5.74) is 11.3. The number of benzene rings is 3. The zero-order valence-corrected chi connectivity index (χ0v) is 26.9. The van der Waals surface area contributed by atoms with Crippen molar-refractivity contribution in [2.75, 3.05) is 13.2 Å². The molecule has 0 bridgehead atoms. The Kier molecular flexibility index (Phi) is 9.86. The van der Waals surface area contributed by atoms with E-state index in [0.29, 0.717) is 41.6 Å². The Morgan fingerprint density at radius 2 is 1.70 bits per heavy atom. The van der Waals surface area contributed by atoms with Crippen LogP contribution >= 0.6 is 0 Å². The second-order valence-electron chi connectivity index (χ2n) is 11.4. The molecule has 1 aromatic heterocycles. The van der Waals surface area contributed by atoms with Gasteiger partial charge in [-0.15, -0.1) is 10.6 Å². The molecule has 6 rings (SSSR count). The summed E-state index contributed by atoms with van der Waals surface area (Å²) in [6.45, 7) is 6.60. The van der Waals surface area contributed by atoms with Gasteiger partial charge in [-0.05, 0) is 75.3 Å². The van der Waals surface area contributed by atoms with Crippen molar-refractivity contribution in [1.82, 2.24) is 25.6 Å². The second kappa shape index (κ2) is 14.5. The van der Waals surface area contributed by atoms with E-state index in [9.17, 15) is 9.59 Å². The molecule has 4 aromatic rings. The topological polar surface area (TPSA) is 129 Å². The molecule has 0 saturated heterocycles. The molecule has 0 spiro atoms. The van der Waals surface area contributed by atoms with Crippen LogP contribution in [0.3, 0.4) is 0 Å². The number of amidine groups is 1. The molecule has 12 nitrogen and oxygen atoms in total. The maximum Gasteiger partial charge on any atom is 0.510 e. The van der Waals surface area contributed by atoms with E-state index >= 15 is 0 Å². The van der Waals surface area contributed by atoms with Gasteiger partial charge < -0.3 is 18.9 Å². The smallest absolute Gasteiger partial charge is 0.465 e. The molecule has 1 fully saturated rings. The Morgan fingerprint density at radius 1 is 0.936 bits per heavy atom. The molecule has 47 heavy (non-hydrogen) atoms. The Morgan fingerprint density at radius 3 is 2.45 bits per heavy atom. The molecule has 1 aliphatic heterocycles. The molecule has 0 amide bonds. The number of nitrogens with zero attached hydrogens (tertiary/aromatic N) is 4. The van der Waals surface area contributed by atoms with Crippen molar-refractivity contribution in [1.29, 1.82) is 0 Å². The molecule has 246 valence electrons. The fourth-order valence-electron chi connectivity index (χ4n) is 6.06. The molecule has 1 aliphatic carbocycles.